The van der Waals surface area contributed by atoms with Gasteiger partial charge in [-0.05, 0) is 24.8 Å². The van der Waals surface area contributed by atoms with Crippen molar-refractivity contribution in [1.82, 2.24) is 0 Å². The molecule has 40 valence electrons. The lowest BCUT2D eigenvalue weighted by Gasteiger charge is -1.93. The molecule has 0 fully saturated rings. The molecular weight excluding hydrogens is 88.1 g/mol. The summed E-state index contributed by atoms with van der Waals surface area (Å²) in [5.41, 5.74) is 0. The Morgan fingerprint density at radius 3 is 2.29 bits per heavy atom. The first-order valence-corrected chi connectivity index (χ1v) is 2.30. The average Bonchev–Trinajstić information content (AvgIpc) is 1.68. The maximum atomic E-state index is 6.68. The molecule has 1 unspecified atom stereocenters. The molecule has 0 spiro atoms. The molecule has 0 bridgehead atoms. The van der Waals surface area contributed by atoms with Crippen LogP contribution in [0.1, 0.15) is 13.3 Å². The first-order valence-electron chi connectivity index (χ1n) is 2.30. The van der Waals surface area contributed by atoms with Crippen molar-refractivity contribution in [2.75, 3.05) is 0 Å². The Kier molecular flexibility index (Phi) is 3.19. The smallest absolute Gasteiger partial charge is 0.00158 e. The second kappa shape index (κ2) is 3.53. The summed E-state index contributed by atoms with van der Waals surface area (Å²) in [5.74, 6) is 0.248. The van der Waals surface area contributed by atoms with Crippen LogP contribution in [0.4, 0.5) is 0 Å². The highest BCUT2D eigenvalue weighted by atomic mass is 14.4. The van der Waals surface area contributed by atoms with E-state index in [4.69, 9.17) is 10.8 Å². The number of hydrogen-bond acceptors (Lipinski definition) is 2. The Labute approximate surface area is 43.6 Å². The molecule has 0 aromatic rings. The molecule has 0 saturated heterocycles. The summed E-state index contributed by atoms with van der Waals surface area (Å²) in [7, 11) is 0. The van der Waals surface area contributed by atoms with E-state index in [2.05, 4.69) is 0 Å². The van der Waals surface area contributed by atoms with E-state index >= 15 is 0 Å². The van der Waals surface area contributed by atoms with Crippen LogP contribution < -0.4 is 0 Å². The monoisotopic (exact) mass is 98.1 g/mol. The molecular formula is C5H10N2. The van der Waals surface area contributed by atoms with E-state index in [1.807, 2.05) is 6.92 Å². The predicted octanol–water partition coefficient (Wildman–Crippen LogP) is 1.31. The third kappa shape index (κ3) is 3.16. The molecule has 7 heavy (non-hydrogen) atoms. The molecule has 2 N–H and O–H groups in total. The molecule has 0 aliphatic heterocycles. The highest BCUT2D eigenvalue weighted by Crippen LogP contribution is 1.91. The van der Waals surface area contributed by atoms with E-state index in [9.17, 15) is 0 Å². The molecule has 0 amide bonds. The van der Waals surface area contributed by atoms with Gasteiger partial charge in [0.15, 0.2) is 0 Å². The quantitative estimate of drug-likeness (QED) is 0.500. The SMILES string of the molecule is CC(C=N)CC=N. The van der Waals surface area contributed by atoms with Crippen LogP contribution in [0, 0.1) is 16.7 Å². The van der Waals surface area contributed by atoms with Crippen molar-refractivity contribution in [3.63, 3.8) is 0 Å². The molecule has 1 atom stereocenters. The van der Waals surface area contributed by atoms with Gasteiger partial charge in [0.1, 0.15) is 0 Å². The van der Waals surface area contributed by atoms with Gasteiger partial charge < -0.3 is 10.8 Å². The molecule has 0 aliphatic carbocycles. The molecule has 0 aliphatic rings. The fourth-order valence-electron chi connectivity index (χ4n) is 0.254. The van der Waals surface area contributed by atoms with Crippen LogP contribution in [0.5, 0.6) is 0 Å². The molecule has 0 aromatic carbocycles. The van der Waals surface area contributed by atoms with E-state index in [0.717, 1.165) is 0 Å². The Morgan fingerprint density at radius 2 is 2.14 bits per heavy atom. The fourth-order valence-corrected chi connectivity index (χ4v) is 0.254. The van der Waals surface area contributed by atoms with E-state index in [-0.39, 0.29) is 5.92 Å². The summed E-state index contributed by atoms with van der Waals surface area (Å²) in [6, 6.07) is 0. The van der Waals surface area contributed by atoms with Crippen LogP contribution >= 0.6 is 0 Å². The number of rotatable bonds is 3. The van der Waals surface area contributed by atoms with Crippen molar-refractivity contribution in [1.29, 1.82) is 10.8 Å². The van der Waals surface area contributed by atoms with Crippen molar-refractivity contribution < 1.29 is 0 Å². The van der Waals surface area contributed by atoms with Crippen molar-refractivity contribution in [3.05, 3.63) is 0 Å². The maximum Gasteiger partial charge on any atom is -0.00158 e. The molecule has 0 rings (SSSR count). The number of nitrogens with one attached hydrogen (secondary N) is 2. The zero-order valence-electron chi connectivity index (χ0n) is 4.44. The lowest BCUT2D eigenvalue weighted by atomic mass is 10.1. The second-order valence-electron chi connectivity index (χ2n) is 1.58. The Balaban J connectivity index is 3.15. The minimum atomic E-state index is 0.248. The summed E-state index contributed by atoms with van der Waals surface area (Å²) in [6.45, 7) is 1.91. The van der Waals surface area contributed by atoms with E-state index in [1.165, 1.54) is 12.4 Å². The van der Waals surface area contributed by atoms with E-state index in [1.54, 1.807) is 0 Å². The van der Waals surface area contributed by atoms with Gasteiger partial charge in [0.05, 0.1) is 0 Å². The van der Waals surface area contributed by atoms with Gasteiger partial charge in [-0.3, -0.25) is 0 Å². The summed E-state index contributed by atoms with van der Waals surface area (Å²) in [4.78, 5) is 0. The van der Waals surface area contributed by atoms with Crippen LogP contribution in [0.3, 0.4) is 0 Å². The largest absolute Gasteiger partial charge is 0.313 e. The molecule has 0 aromatic heterocycles. The van der Waals surface area contributed by atoms with Gasteiger partial charge in [-0.25, -0.2) is 0 Å². The van der Waals surface area contributed by atoms with Crippen LogP contribution in [-0.2, 0) is 0 Å². The van der Waals surface area contributed by atoms with E-state index in [0.29, 0.717) is 6.42 Å². The predicted molar refractivity (Wildman–Crippen MR) is 31.3 cm³/mol. The standard InChI is InChI=1S/C5H10N2/c1-5(4-7)2-3-6/h3-7H,2H2,1H3. The van der Waals surface area contributed by atoms with Crippen LogP contribution in [0.2, 0.25) is 0 Å². The molecule has 0 saturated carbocycles. The molecule has 2 nitrogen and oxygen atoms in total. The van der Waals surface area contributed by atoms with Gasteiger partial charge in [-0.15, -0.1) is 0 Å². The molecule has 0 radical (unpaired) electrons. The summed E-state index contributed by atoms with van der Waals surface area (Å²) < 4.78 is 0. The second-order valence-corrected chi connectivity index (χ2v) is 1.58. The lowest BCUT2D eigenvalue weighted by molar-refractivity contribution is 0.838. The van der Waals surface area contributed by atoms with E-state index < -0.39 is 0 Å². The van der Waals surface area contributed by atoms with Gasteiger partial charge in [-0.1, -0.05) is 6.92 Å². The Bertz CT molecular complexity index is 68.5. The first kappa shape index (κ1) is 6.34. The highest BCUT2D eigenvalue weighted by Gasteiger charge is 1.89. The van der Waals surface area contributed by atoms with Gasteiger partial charge in [-0.2, -0.15) is 0 Å². The lowest BCUT2D eigenvalue weighted by Crippen LogP contribution is -1.93. The van der Waals surface area contributed by atoms with Crippen molar-refractivity contribution in [3.8, 4) is 0 Å². The third-order valence-electron chi connectivity index (χ3n) is 0.774. The highest BCUT2D eigenvalue weighted by molar-refractivity contribution is 5.64. The summed E-state index contributed by atoms with van der Waals surface area (Å²) in [6.07, 6.45) is 3.38. The normalized spacial score (nSPS) is 12.7. The zero-order chi connectivity index (χ0) is 5.70. The fraction of sp³-hybridized carbons (Fsp3) is 0.600. The average molecular weight is 98.1 g/mol. The third-order valence-corrected chi connectivity index (χ3v) is 0.774. The number of hydrogen-bond donors (Lipinski definition) is 2. The Morgan fingerprint density at radius 1 is 1.57 bits per heavy atom. The van der Waals surface area contributed by atoms with Crippen LogP contribution in [0.25, 0.3) is 0 Å². The van der Waals surface area contributed by atoms with Crippen molar-refractivity contribution >= 4 is 12.4 Å². The van der Waals surface area contributed by atoms with Gasteiger partial charge >= 0.3 is 0 Å². The maximum absolute atomic E-state index is 6.68. The first-order chi connectivity index (χ1) is 3.31. The molecule has 2 heteroatoms. The van der Waals surface area contributed by atoms with Crippen molar-refractivity contribution in [2.24, 2.45) is 5.92 Å². The van der Waals surface area contributed by atoms with Crippen LogP contribution in [-0.4, -0.2) is 12.4 Å². The minimum Gasteiger partial charge on any atom is -0.313 e. The van der Waals surface area contributed by atoms with Crippen LogP contribution in [0.15, 0.2) is 0 Å². The zero-order valence-corrected chi connectivity index (χ0v) is 4.44. The molecule has 0 heterocycles. The van der Waals surface area contributed by atoms with Gasteiger partial charge in [0.2, 0.25) is 0 Å². The minimum absolute atomic E-state index is 0.248. The summed E-state index contributed by atoms with van der Waals surface area (Å²) in [5, 5.41) is 13.3. The topological polar surface area (TPSA) is 47.7 Å². The van der Waals surface area contributed by atoms with Crippen molar-refractivity contribution in [2.45, 2.75) is 13.3 Å². The van der Waals surface area contributed by atoms with Gasteiger partial charge in [0.25, 0.3) is 0 Å². The summed E-state index contributed by atoms with van der Waals surface area (Å²) >= 11 is 0. The Hall–Kier alpha value is -0.660. The van der Waals surface area contributed by atoms with Gasteiger partial charge in [0, 0.05) is 0 Å².